The van der Waals surface area contributed by atoms with Crippen LogP contribution in [0.15, 0.2) is 18.2 Å². The summed E-state index contributed by atoms with van der Waals surface area (Å²) < 4.78 is 0. The molecule has 0 saturated heterocycles. The van der Waals surface area contributed by atoms with E-state index in [-0.39, 0.29) is 5.91 Å². The highest BCUT2D eigenvalue weighted by molar-refractivity contribution is 6.02. The Kier molecular flexibility index (Phi) is 2.21. The number of nitrogens with one attached hydrogen (secondary N) is 1. The molecular formula is C14H16N2O. The number of likely N-dealkylation sites (N-methyl/N-ethyl adjacent to an activating group) is 1. The first-order valence-corrected chi connectivity index (χ1v) is 6.09. The van der Waals surface area contributed by atoms with Gasteiger partial charge in [-0.1, -0.05) is 13.0 Å². The largest absolute Gasteiger partial charge is 0.350 e. The highest BCUT2D eigenvalue weighted by atomic mass is 16.2. The topological polar surface area (TPSA) is 36.1 Å². The minimum Gasteiger partial charge on any atom is -0.350 e. The SMILES string of the molecule is CCc1ccc2[nH]c3c(c2c1)CCN(C)C3=O. The molecule has 1 amide bonds. The third-order valence-electron chi connectivity index (χ3n) is 3.64. The third kappa shape index (κ3) is 1.46. The number of H-pyrrole nitrogens is 1. The summed E-state index contributed by atoms with van der Waals surface area (Å²) in [6, 6.07) is 6.42. The maximum Gasteiger partial charge on any atom is 0.270 e. The Bertz CT molecular complexity index is 598. The second kappa shape index (κ2) is 3.62. The van der Waals surface area contributed by atoms with Crippen molar-refractivity contribution in [3.05, 3.63) is 35.0 Å². The van der Waals surface area contributed by atoms with E-state index in [9.17, 15) is 4.79 Å². The first-order valence-electron chi connectivity index (χ1n) is 6.09. The summed E-state index contributed by atoms with van der Waals surface area (Å²) in [5.74, 6) is 0.112. The van der Waals surface area contributed by atoms with Crippen LogP contribution in [0.1, 0.15) is 28.5 Å². The molecule has 17 heavy (non-hydrogen) atoms. The number of rotatable bonds is 1. The lowest BCUT2D eigenvalue weighted by Crippen LogP contribution is -2.33. The average molecular weight is 228 g/mol. The van der Waals surface area contributed by atoms with Gasteiger partial charge in [-0.2, -0.15) is 0 Å². The summed E-state index contributed by atoms with van der Waals surface area (Å²) in [6.45, 7) is 2.97. The molecular weight excluding hydrogens is 212 g/mol. The zero-order valence-corrected chi connectivity index (χ0v) is 10.2. The molecule has 0 spiro atoms. The van der Waals surface area contributed by atoms with E-state index in [1.165, 1.54) is 16.5 Å². The number of carbonyl (C=O) groups excluding carboxylic acids is 1. The Morgan fingerprint density at radius 3 is 3.00 bits per heavy atom. The van der Waals surface area contributed by atoms with E-state index < -0.39 is 0 Å². The summed E-state index contributed by atoms with van der Waals surface area (Å²) in [7, 11) is 1.86. The molecule has 3 heteroatoms. The van der Waals surface area contributed by atoms with Crippen LogP contribution in [0.5, 0.6) is 0 Å². The number of carbonyl (C=O) groups is 1. The number of fused-ring (bicyclic) bond motifs is 3. The second-order valence-corrected chi connectivity index (χ2v) is 4.69. The molecule has 0 radical (unpaired) electrons. The van der Waals surface area contributed by atoms with Crippen LogP contribution in [0.3, 0.4) is 0 Å². The number of benzene rings is 1. The van der Waals surface area contributed by atoms with Crippen LogP contribution in [0, 0.1) is 0 Å². The van der Waals surface area contributed by atoms with Gasteiger partial charge in [-0.05, 0) is 36.1 Å². The second-order valence-electron chi connectivity index (χ2n) is 4.69. The third-order valence-corrected chi connectivity index (χ3v) is 3.64. The molecule has 1 aliphatic rings. The number of aromatic amines is 1. The van der Waals surface area contributed by atoms with E-state index >= 15 is 0 Å². The molecule has 3 rings (SSSR count). The van der Waals surface area contributed by atoms with Gasteiger partial charge >= 0.3 is 0 Å². The molecule has 2 heterocycles. The molecule has 1 N–H and O–H groups in total. The lowest BCUT2D eigenvalue weighted by Gasteiger charge is -2.22. The van der Waals surface area contributed by atoms with Gasteiger partial charge in [-0.15, -0.1) is 0 Å². The van der Waals surface area contributed by atoms with Gasteiger partial charge in [0.1, 0.15) is 5.69 Å². The minimum atomic E-state index is 0.112. The molecule has 1 aliphatic heterocycles. The van der Waals surface area contributed by atoms with Crippen LogP contribution < -0.4 is 0 Å². The van der Waals surface area contributed by atoms with Crippen LogP contribution in [-0.4, -0.2) is 29.4 Å². The van der Waals surface area contributed by atoms with Gasteiger partial charge in [-0.3, -0.25) is 4.79 Å². The molecule has 0 aliphatic carbocycles. The van der Waals surface area contributed by atoms with Gasteiger partial charge in [-0.25, -0.2) is 0 Å². The fourth-order valence-corrected chi connectivity index (χ4v) is 2.53. The summed E-state index contributed by atoms with van der Waals surface area (Å²) in [5, 5.41) is 1.22. The minimum absolute atomic E-state index is 0.112. The van der Waals surface area contributed by atoms with Crippen LogP contribution in [0.4, 0.5) is 0 Å². The summed E-state index contributed by atoms with van der Waals surface area (Å²) >= 11 is 0. The first-order chi connectivity index (χ1) is 8.20. The predicted molar refractivity (Wildman–Crippen MR) is 68.3 cm³/mol. The van der Waals surface area contributed by atoms with Crippen molar-refractivity contribution in [2.45, 2.75) is 19.8 Å². The van der Waals surface area contributed by atoms with Gasteiger partial charge in [0, 0.05) is 24.5 Å². The smallest absolute Gasteiger partial charge is 0.270 e. The van der Waals surface area contributed by atoms with E-state index in [2.05, 4.69) is 30.1 Å². The molecule has 1 aromatic carbocycles. The van der Waals surface area contributed by atoms with E-state index in [0.29, 0.717) is 0 Å². The van der Waals surface area contributed by atoms with E-state index in [4.69, 9.17) is 0 Å². The Labute approximate surface area is 100 Å². The molecule has 0 saturated carbocycles. The number of nitrogens with zero attached hydrogens (tertiary/aromatic N) is 1. The fraction of sp³-hybridized carbons (Fsp3) is 0.357. The van der Waals surface area contributed by atoms with E-state index in [1.807, 2.05) is 7.05 Å². The molecule has 2 aromatic rings. The summed E-state index contributed by atoms with van der Waals surface area (Å²) in [6.07, 6.45) is 1.98. The quantitative estimate of drug-likeness (QED) is 0.799. The maximum atomic E-state index is 12.0. The number of aromatic nitrogens is 1. The van der Waals surface area contributed by atoms with E-state index in [1.54, 1.807) is 4.90 Å². The van der Waals surface area contributed by atoms with Gasteiger partial charge in [0.25, 0.3) is 5.91 Å². The number of hydrogen-bond acceptors (Lipinski definition) is 1. The first kappa shape index (κ1) is 10.4. The van der Waals surface area contributed by atoms with Crippen molar-refractivity contribution >= 4 is 16.8 Å². The van der Waals surface area contributed by atoms with Crippen molar-refractivity contribution in [2.24, 2.45) is 0 Å². The molecule has 0 atom stereocenters. The van der Waals surface area contributed by atoms with Crippen LogP contribution in [0.25, 0.3) is 10.9 Å². The number of hydrogen-bond donors (Lipinski definition) is 1. The zero-order chi connectivity index (χ0) is 12.0. The number of amides is 1. The number of aryl methyl sites for hydroxylation is 1. The van der Waals surface area contributed by atoms with E-state index in [0.717, 1.165) is 30.6 Å². The molecule has 1 aromatic heterocycles. The zero-order valence-electron chi connectivity index (χ0n) is 10.2. The molecule has 0 bridgehead atoms. The maximum absolute atomic E-state index is 12.0. The summed E-state index contributed by atoms with van der Waals surface area (Å²) in [5.41, 5.74) is 4.38. The Balaban J connectivity index is 2.25. The Morgan fingerprint density at radius 1 is 1.41 bits per heavy atom. The van der Waals surface area contributed by atoms with Gasteiger partial charge in [0.2, 0.25) is 0 Å². The van der Waals surface area contributed by atoms with Crippen molar-refractivity contribution in [3.8, 4) is 0 Å². The lowest BCUT2D eigenvalue weighted by molar-refractivity contribution is 0.0776. The molecule has 88 valence electrons. The predicted octanol–water partition coefficient (Wildman–Crippen LogP) is 2.36. The standard InChI is InChI=1S/C14H16N2O/c1-3-9-4-5-12-11(8-9)10-6-7-16(2)14(17)13(10)15-12/h4-5,8,15H,3,6-7H2,1-2H3. The van der Waals surface area contributed by atoms with Crippen molar-refractivity contribution < 1.29 is 4.79 Å². The monoisotopic (exact) mass is 228 g/mol. The molecule has 0 unspecified atom stereocenters. The molecule has 0 fully saturated rings. The van der Waals surface area contributed by atoms with Crippen LogP contribution >= 0.6 is 0 Å². The van der Waals surface area contributed by atoms with Crippen molar-refractivity contribution in [3.63, 3.8) is 0 Å². The summed E-state index contributed by atoms with van der Waals surface area (Å²) in [4.78, 5) is 17.1. The van der Waals surface area contributed by atoms with Gasteiger partial charge < -0.3 is 9.88 Å². The van der Waals surface area contributed by atoms with Crippen molar-refractivity contribution in [1.29, 1.82) is 0 Å². The van der Waals surface area contributed by atoms with Crippen LogP contribution in [0.2, 0.25) is 0 Å². The van der Waals surface area contributed by atoms with Gasteiger partial charge in [0.05, 0.1) is 0 Å². The van der Waals surface area contributed by atoms with Gasteiger partial charge in [0.15, 0.2) is 0 Å². The fourth-order valence-electron chi connectivity index (χ4n) is 2.53. The van der Waals surface area contributed by atoms with Crippen molar-refractivity contribution in [2.75, 3.05) is 13.6 Å². The van der Waals surface area contributed by atoms with Crippen molar-refractivity contribution in [1.82, 2.24) is 9.88 Å². The lowest BCUT2D eigenvalue weighted by atomic mass is 10.0. The highest BCUT2D eigenvalue weighted by Crippen LogP contribution is 2.27. The Morgan fingerprint density at radius 2 is 2.24 bits per heavy atom. The van der Waals surface area contributed by atoms with Crippen LogP contribution in [-0.2, 0) is 12.8 Å². The Hall–Kier alpha value is -1.77. The molecule has 3 nitrogen and oxygen atoms in total. The normalized spacial score (nSPS) is 15.4. The average Bonchev–Trinajstić information content (AvgIpc) is 2.72. The highest BCUT2D eigenvalue weighted by Gasteiger charge is 2.25.